The smallest absolute Gasteiger partial charge is 0.133 e. The first-order valence-corrected chi connectivity index (χ1v) is 6.77. The standard InChI is InChI=1S/C13H17BrFNO/c14-11-7-9(15)6-10(12(11)17)13(8-16)4-2-1-3-5-13/h6-7,17H,1-5,8,16H2. The molecule has 0 heterocycles. The van der Waals surface area contributed by atoms with E-state index in [1.54, 1.807) is 0 Å². The lowest BCUT2D eigenvalue weighted by Crippen LogP contribution is -2.37. The van der Waals surface area contributed by atoms with Crippen LogP contribution in [0.25, 0.3) is 0 Å². The molecule has 94 valence electrons. The van der Waals surface area contributed by atoms with Crippen molar-refractivity contribution in [1.29, 1.82) is 0 Å². The van der Waals surface area contributed by atoms with Gasteiger partial charge in [-0.2, -0.15) is 0 Å². The third-order valence-electron chi connectivity index (χ3n) is 3.80. The van der Waals surface area contributed by atoms with Crippen molar-refractivity contribution >= 4 is 15.9 Å². The first-order valence-electron chi connectivity index (χ1n) is 5.98. The van der Waals surface area contributed by atoms with Crippen LogP contribution in [-0.4, -0.2) is 11.7 Å². The van der Waals surface area contributed by atoms with E-state index >= 15 is 0 Å². The van der Waals surface area contributed by atoms with Gasteiger partial charge in [0, 0.05) is 17.5 Å². The number of benzene rings is 1. The lowest BCUT2D eigenvalue weighted by atomic mass is 9.69. The van der Waals surface area contributed by atoms with Gasteiger partial charge in [0.2, 0.25) is 0 Å². The molecule has 0 spiro atoms. The number of hydrogen-bond donors (Lipinski definition) is 2. The van der Waals surface area contributed by atoms with Crippen molar-refractivity contribution in [2.75, 3.05) is 6.54 Å². The number of aromatic hydroxyl groups is 1. The van der Waals surface area contributed by atoms with E-state index in [1.807, 2.05) is 0 Å². The quantitative estimate of drug-likeness (QED) is 0.879. The lowest BCUT2D eigenvalue weighted by Gasteiger charge is -2.37. The molecule has 1 aliphatic rings. The molecule has 0 saturated heterocycles. The summed E-state index contributed by atoms with van der Waals surface area (Å²) in [7, 11) is 0. The molecule has 1 aromatic carbocycles. The molecule has 0 atom stereocenters. The molecule has 0 aliphatic heterocycles. The Kier molecular flexibility index (Phi) is 3.73. The van der Waals surface area contributed by atoms with Gasteiger partial charge in [0.25, 0.3) is 0 Å². The molecule has 0 unspecified atom stereocenters. The van der Waals surface area contributed by atoms with Crippen molar-refractivity contribution < 1.29 is 9.50 Å². The Morgan fingerprint density at radius 2 is 1.94 bits per heavy atom. The van der Waals surface area contributed by atoms with Crippen molar-refractivity contribution in [3.05, 3.63) is 28.0 Å². The zero-order valence-corrected chi connectivity index (χ0v) is 11.3. The van der Waals surface area contributed by atoms with Crippen LogP contribution in [0.4, 0.5) is 4.39 Å². The summed E-state index contributed by atoms with van der Waals surface area (Å²) < 4.78 is 13.9. The summed E-state index contributed by atoms with van der Waals surface area (Å²) in [6, 6.07) is 2.71. The molecule has 2 nitrogen and oxygen atoms in total. The van der Waals surface area contributed by atoms with Crippen LogP contribution in [0.2, 0.25) is 0 Å². The fourth-order valence-electron chi connectivity index (χ4n) is 2.78. The minimum absolute atomic E-state index is 0.138. The maximum absolute atomic E-state index is 13.5. The van der Waals surface area contributed by atoms with Crippen LogP contribution in [0, 0.1) is 5.82 Å². The fraction of sp³-hybridized carbons (Fsp3) is 0.538. The molecule has 4 heteroatoms. The van der Waals surface area contributed by atoms with Gasteiger partial charge >= 0.3 is 0 Å². The molecule has 1 aliphatic carbocycles. The molecule has 1 aromatic rings. The number of hydrogen-bond acceptors (Lipinski definition) is 2. The molecule has 0 amide bonds. The van der Waals surface area contributed by atoms with Gasteiger partial charge in [-0.05, 0) is 40.9 Å². The predicted molar refractivity (Wildman–Crippen MR) is 69.6 cm³/mol. The van der Waals surface area contributed by atoms with E-state index in [0.717, 1.165) is 25.7 Å². The van der Waals surface area contributed by atoms with Crippen molar-refractivity contribution in [3.8, 4) is 5.75 Å². The van der Waals surface area contributed by atoms with Crippen LogP contribution in [0.5, 0.6) is 5.75 Å². The third-order valence-corrected chi connectivity index (χ3v) is 4.41. The largest absolute Gasteiger partial charge is 0.506 e. The maximum Gasteiger partial charge on any atom is 0.133 e. The number of nitrogens with two attached hydrogens (primary N) is 1. The minimum Gasteiger partial charge on any atom is -0.506 e. The van der Waals surface area contributed by atoms with E-state index in [1.165, 1.54) is 18.6 Å². The average Bonchev–Trinajstić information content (AvgIpc) is 2.34. The normalized spacial score (nSPS) is 19.2. The van der Waals surface area contributed by atoms with Crippen molar-refractivity contribution in [1.82, 2.24) is 0 Å². The van der Waals surface area contributed by atoms with Crippen LogP contribution in [-0.2, 0) is 5.41 Å². The zero-order valence-electron chi connectivity index (χ0n) is 9.68. The summed E-state index contributed by atoms with van der Waals surface area (Å²) in [5, 5.41) is 10.1. The Balaban J connectivity index is 2.49. The van der Waals surface area contributed by atoms with Gasteiger partial charge in [0.05, 0.1) is 4.47 Å². The Morgan fingerprint density at radius 1 is 1.29 bits per heavy atom. The first kappa shape index (κ1) is 12.8. The van der Waals surface area contributed by atoms with E-state index in [4.69, 9.17) is 5.73 Å². The van der Waals surface area contributed by atoms with E-state index in [0.29, 0.717) is 16.6 Å². The highest BCUT2D eigenvalue weighted by molar-refractivity contribution is 9.10. The molecular formula is C13H17BrFNO. The van der Waals surface area contributed by atoms with Crippen LogP contribution in [0.15, 0.2) is 16.6 Å². The molecule has 0 aromatic heterocycles. The summed E-state index contributed by atoms with van der Waals surface area (Å²) >= 11 is 3.19. The molecule has 0 radical (unpaired) electrons. The average molecular weight is 302 g/mol. The Morgan fingerprint density at radius 3 is 2.53 bits per heavy atom. The summed E-state index contributed by atoms with van der Waals surface area (Å²) in [4.78, 5) is 0. The fourth-order valence-corrected chi connectivity index (χ4v) is 3.21. The zero-order chi connectivity index (χ0) is 12.5. The summed E-state index contributed by atoms with van der Waals surface area (Å²) in [5.41, 5.74) is 6.29. The highest BCUT2D eigenvalue weighted by Crippen LogP contribution is 2.44. The summed E-state index contributed by atoms with van der Waals surface area (Å²) in [6.45, 7) is 0.455. The monoisotopic (exact) mass is 301 g/mol. The van der Waals surface area contributed by atoms with Crippen LogP contribution in [0.3, 0.4) is 0 Å². The molecule has 17 heavy (non-hydrogen) atoms. The summed E-state index contributed by atoms with van der Waals surface area (Å²) in [5.74, 6) is -0.193. The number of rotatable bonds is 2. The predicted octanol–water partition coefficient (Wildman–Crippen LogP) is 3.45. The second kappa shape index (κ2) is 4.94. The van der Waals surface area contributed by atoms with Crippen molar-refractivity contribution in [2.45, 2.75) is 37.5 Å². The van der Waals surface area contributed by atoms with Crippen LogP contribution in [0.1, 0.15) is 37.7 Å². The Bertz CT molecular complexity index is 416. The van der Waals surface area contributed by atoms with Crippen molar-refractivity contribution in [2.24, 2.45) is 5.73 Å². The van der Waals surface area contributed by atoms with Gasteiger partial charge in [-0.15, -0.1) is 0 Å². The summed E-state index contributed by atoms with van der Waals surface area (Å²) in [6.07, 6.45) is 5.22. The topological polar surface area (TPSA) is 46.2 Å². The molecule has 1 fully saturated rings. The second-order valence-corrected chi connectivity index (χ2v) is 5.68. The molecule has 2 rings (SSSR count). The van der Waals surface area contributed by atoms with E-state index in [9.17, 15) is 9.50 Å². The van der Waals surface area contributed by atoms with Gasteiger partial charge < -0.3 is 10.8 Å². The third kappa shape index (κ3) is 2.33. The van der Waals surface area contributed by atoms with Gasteiger partial charge in [-0.3, -0.25) is 0 Å². The lowest BCUT2D eigenvalue weighted by molar-refractivity contribution is 0.289. The molecule has 1 saturated carbocycles. The molecule has 3 N–H and O–H groups in total. The number of phenolic OH excluding ortho intramolecular Hbond substituents is 1. The number of phenols is 1. The highest BCUT2D eigenvalue weighted by atomic mass is 79.9. The maximum atomic E-state index is 13.5. The molecule has 0 bridgehead atoms. The number of halogens is 2. The first-order chi connectivity index (χ1) is 8.09. The Labute approximate surface area is 109 Å². The highest BCUT2D eigenvalue weighted by Gasteiger charge is 2.35. The van der Waals surface area contributed by atoms with Gasteiger partial charge in [0.1, 0.15) is 11.6 Å². The van der Waals surface area contributed by atoms with E-state index < -0.39 is 0 Å². The Hall–Kier alpha value is -0.610. The van der Waals surface area contributed by atoms with Gasteiger partial charge in [-0.1, -0.05) is 19.3 Å². The van der Waals surface area contributed by atoms with E-state index in [-0.39, 0.29) is 17.0 Å². The van der Waals surface area contributed by atoms with Crippen LogP contribution >= 0.6 is 15.9 Å². The van der Waals surface area contributed by atoms with Gasteiger partial charge in [-0.25, -0.2) is 4.39 Å². The van der Waals surface area contributed by atoms with Crippen molar-refractivity contribution in [3.63, 3.8) is 0 Å². The van der Waals surface area contributed by atoms with E-state index in [2.05, 4.69) is 15.9 Å². The minimum atomic E-state index is -0.330. The van der Waals surface area contributed by atoms with Gasteiger partial charge in [0.15, 0.2) is 0 Å². The van der Waals surface area contributed by atoms with Crippen LogP contribution < -0.4 is 5.73 Å². The SMILES string of the molecule is NCC1(c2cc(F)cc(Br)c2O)CCCCC1. The molecular weight excluding hydrogens is 285 g/mol. The second-order valence-electron chi connectivity index (χ2n) is 4.83.